The van der Waals surface area contributed by atoms with Crippen molar-refractivity contribution in [1.29, 1.82) is 0 Å². The quantitative estimate of drug-likeness (QED) is 0.483. The number of esters is 1. The average Bonchev–Trinajstić information content (AvgIpc) is 3.12. The lowest BCUT2D eigenvalue weighted by molar-refractivity contribution is -0.139. The first-order valence-electron chi connectivity index (χ1n) is 10.4. The molecule has 1 aromatic carbocycles. The molecule has 0 spiro atoms. The van der Waals surface area contributed by atoms with Gasteiger partial charge in [-0.1, -0.05) is 37.5 Å². The van der Waals surface area contributed by atoms with E-state index in [2.05, 4.69) is 15.9 Å². The Balaban J connectivity index is 1.91. The summed E-state index contributed by atoms with van der Waals surface area (Å²) in [4.78, 5) is 38.4. The number of methoxy groups -OCH3 is 1. The van der Waals surface area contributed by atoms with Crippen molar-refractivity contribution in [3.63, 3.8) is 0 Å². The van der Waals surface area contributed by atoms with E-state index >= 15 is 0 Å². The molecule has 0 saturated heterocycles. The predicted molar refractivity (Wildman–Crippen MR) is 125 cm³/mol. The van der Waals surface area contributed by atoms with Crippen LogP contribution in [-0.4, -0.2) is 47.6 Å². The minimum absolute atomic E-state index is 0.0666. The first-order chi connectivity index (χ1) is 15.3. The number of carboxylic acid groups (broad SMARTS) is 1. The van der Waals surface area contributed by atoms with E-state index in [0.717, 1.165) is 41.7 Å². The normalized spacial score (nSPS) is 14.1. The minimum Gasteiger partial charge on any atom is -0.479 e. The van der Waals surface area contributed by atoms with E-state index in [-0.39, 0.29) is 22.6 Å². The fourth-order valence-electron chi connectivity index (χ4n) is 3.97. The number of nitrogens with zero attached hydrogens (tertiary/aromatic N) is 1. The van der Waals surface area contributed by atoms with Crippen LogP contribution in [0.15, 0.2) is 28.7 Å². The first-order valence-corrected chi connectivity index (χ1v) is 12.0. The summed E-state index contributed by atoms with van der Waals surface area (Å²) in [5.74, 6) is -1.53. The molecule has 172 valence electrons. The maximum absolute atomic E-state index is 12.3. The second-order valence-electron chi connectivity index (χ2n) is 7.72. The van der Waals surface area contributed by atoms with Gasteiger partial charge in [-0.3, -0.25) is 4.79 Å². The molecule has 1 amide bonds. The van der Waals surface area contributed by atoms with Gasteiger partial charge in [-0.2, -0.15) is 0 Å². The molecule has 1 aliphatic carbocycles. The molecule has 3 rings (SSSR count). The van der Waals surface area contributed by atoms with Gasteiger partial charge in [0.05, 0.1) is 16.5 Å². The highest BCUT2D eigenvalue weighted by Crippen LogP contribution is 2.46. The number of halogens is 1. The summed E-state index contributed by atoms with van der Waals surface area (Å²) in [5, 5.41) is 8.96. The Morgan fingerprint density at radius 3 is 2.56 bits per heavy atom. The smallest absolute Gasteiger partial charge is 0.351 e. The second kappa shape index (κ2) is 11.0. The zero-order valence-electron chi connectivity index (χ0n) is 18.1. The van der Waals surface area contributed by atoms with Crippen LogP contribution in [0.2, 0.25) is 0 Å². The van der Waals surface area contributed by atoms with E-state index in [4.69, 9.17) is 14.6 Å². The average molecular weight is 524 g/mol. The Kier molecular flexibility index (Phi) is 8.31. The Morgan fingerprint density at radius 2 is 1.94 bits per heavy atom. The van der Waals surface area contributed by atoms with Gasteiger partial charge >= 0.3 is 11.9 Å². The Hall–Kier alpha value is -2.39. The molecule has 0 unspecified atom stereocenters. The minimum atomic E-state index is -1.14. The van der Waals surface area contributed by atoms with Crippen molar-refractivity contribution in [2.24, 2.45) is 0 Å². The second-order valence-corrected chi connectivity index (χ2v) is 9.53. The predicted octanol–water partition coefficient (Wildman–Crippen LogP) is 5.11. The molecule has 32 heavy (non-hydrogen) atoms. The molecular weight excluding hydrogens is 498 g/mol. The molecule has 1 fully saturated rings. The van der Waals surface area contributed by atoms with Crippen molar-refractivity contribution in [3.8, 4) is 16.2 Å². The molecule has 9 heteroatoms. The third-order valence-electron chi connectivity index (χ3n) is 5.48. The van der Waals surface area contributed by atoms with Crippen LogP contribution in [0.3, 0.4) is 0 Å². The van der Waals surface area contributed by atoms with Crippen LogP contribution in [0.25, 0.3) is 10.4 Å². The van der Waals surface area contributed by atoms with Gasteiger partial charge in [0.2, 0.25) is 5.91 Å². The number of benzene rings is 1. The highest BCUT2D eigenvalue weighted by molar-refractivity contribution is 9.10. The van der Waals surface area contributed by atoms with E-state index in [1.165, 1.54) is 24.9 Å². The number of rotatable bonds is 8. The summed E-state index contributed by atoms with van der Waals surface area (Å²) in [5.41, 5.74) is 1.82. The molecule has 1 N–H and O–H groups in total. The molecule has 0 radical (unpaired) electrons. The van der Waals surface area contributed by atoms with E-state index < -0.39 is 18.5 Å². The van der Waals surface area contributed by atoms with Crippen LogP contribution < -0.4 is 4.74 Å². The van der Waals surface area contributed by atoms with E-state index in [1.807, 2.05) is 29.2 Å². The zero-order chi connectivity index (χ0) is 23.3. The molecule has 1 heterocycles. The van der Waals surface area contributed by atoms with Gasteiger partial charge in [0, 0.05) is 19.5 Å². The molecule has 2 aromatic rings. The molecule has 0 atom stereocenters. The maximum Gasteiger partial charge on any atom is 0.351 e. The molecule has 1 aliphatic rings. The van der Waals surface area contributed by atoms with Crippen LogP contribution in [0.5, 0.6) is 5.75 Å². The first kappa shape index (κ1) is 24.3. The monoisotopic (exact) mass is 523 g/mol. The Labute approximate surface area is 199 Å². The van der Waals surface area contributed by atoms with Crippen LogP contribution in [0.1, 0.15) is 54.3 Å². The fourth-order valence-corrected chi connectivity index (χ4v) is 5.94. The third kappa shape index (κ3) is 5.69. The summed E-state index contributed by atoms with van der Waals surface area (Å²) >= 11 is 4.63. The lowest BCUT2D eigenvalue weighted by atomic mass is 9.93. The number of amides is 1. The van der Waals surface area contributed by atoms with Gasteiger partial charge in [-0.15, -0.1) is 11.3 Å². The Bertz CT molecular complexity index is 998. The zero-order valence-corrected chi connectivity index (χ0v) is 20.5. The van der Waals surface area contributed by atoms with E-state index in [1.54, 1.807) is 6.92 Å². The van der Waals surface area contributed by atoms with Crippen molar-refractivity contribution in [1.82, 2.24) is 4.90 Å². The summed E-state index contributed by atoms with van der Waals surface area (Å²) in [6.45, 7) is 1.56. The molecule has 1 saturated carbocycles. The number of aliphatic carboxylic acids is 1. The molecule has 0 aliphatic heterocycles. The standard InChI is InChI=1S/C23H26BrNO6S/c1-14(26)25(17-9-4-3-5-10-17)12-15-7-6-8-16(11-15)21-19(24)20(31-13-18(27)28)22(32-21)23(29)30-2/h6-8,11,17H,3-5,9-10,12-13H2,1-2H3,(H,27,28). The number of carbonyl (C=O) groups is 3. The van der Waals surface area contributed by atoms with Crippen molar-refractivity contribution in [3.05, 3.63) is 39.2 Å². The van der Waals surface area contributed by atoms with Gasteiger partial charge in [0.25, 0.3) is 0 Å². The topological polar surface area (TPSA) is 93.1 Å². The van der Waals surface area contributed by atoms with Crippen LogP contribution in [0.4, 0.5) is 0 Å². The summed E-state index contributed by atoms with van der Waals surface area (Å²) in [6, 6.07) is 8.04. The Morgan fingerprint density at radius 1 is 1.22 bits per heavy atom. The van der Waals surface area contributed by atoms with Crippen molar-refractivity contribution >= 4 is 45.1 Å². The molecule has 0 bridgehead atoms. The van der Waals surface area contributed by atoms with Crippen molar-refractivity contribution < 1.29 is 29.0 Å². The number of hydrogen-bond donors (Lipinski definition) is 1. The van der Waals surface area contributed by atoms with Crippen molar-refractivity contribution in [2.45, 2.75) is 51.6 Å². The highest BCUT2D eigenvalue weighted by atomic mass is 79.9. The van der Waals surface area contributed by atoms with Gasteiger partial charge in [0.1, 0.15) is 0 Å². The lowest BCUT2D eigenvalue weighted by Crippen LogP contribution is -2.39. The number of ether oxygens (including phenoxy) is 2. The number of hydrogen-bond acceptors (Lipinski definition) is 6. The molecule has 1 aromatic heterocycles. The van der Waals surface area contributed by atoms with Crippen LogP contribution >= 0.6 is 27.3 Å². The van der Waals surface area contributed by atoms with Crippen LogP contribution in [0, 0.1) is 0 Å². The van der Waals surface area contributed by atoms with Gasteiger partial charge < -0.3 is 19.5 Å². The van der Waals surface area contributed by atoms with E-state index in [0.29, 0.717) is 11.0 Å². The number of carboxylic acids is 1. The summed E-state index contributed by atoms with van der Waals surface area (Å²) < 4.78 is 10.7. The highest BCUT2D eigenvalue weighted by Gasteiger charge is 2.26. The summed E-state index contributed by atoms with van der Waals surface area (Å²) in [6.07, 6.45) is 5.57. The van der Waals surface area contributed by atoms with Crippen molar-refractivity contribution in [2.75, 3.05) is 13.7 Å². The largest absolute Gasteiger partial charge is 0.479 e. The van der Waals surface area contributed by atoms with Gasteiger partial charge in [0.15, 0.2) is 17.2 Å². The SMILES string of the molecule is COC(=O)c1sc(-c2cccc(CN(C(C)=O)C3CCCCC3)c2)c(Br)c1OCC(=O)O. The maximum atomic E-state index is 12.3. The molecule has 7 nitrogen and oxygen atoms in total. The lowest BCUT2D eigenvalue weighted by Gasteiger charge is -2.34. The third-order valence-corrected chi connectivity index (χ3v) is 7.70. The number of carbonyl (C=O) groups excluding carboxylic acids is 2. The van der Waals surface area contributed by atoms with Crippen LogP contribution in [-0.2, 0) is 20.9 Å². The van der Waals surface area contributed by atoms with Gasteiger partial charge in [-0.25, -0.2) is 9.59 Å². The molecular formula is C23H26BrNO6S. The fraction of sp³-hybridized carbons (Fsp3) is 0.435. The number of thiophene rings is 1. The van der Waals surface area contributed by atoms with E-state index in [9.17, 15) is 14.4 Å². The van der Waals surface area contributed by atoms with Gasteiger partial charge in [-0.05, 0) is 46.0 Å². The summed E-state index contributed by atoms with van der Waals surface area (Å²) in [7, 11) is 1.26.